The van der Waals surface area contributed by atoms with Crippen LogP contribution in [0.3, 0.4) is 0 Å². The number of aryl methyl sites for hydroxylation is 2. The third-order valence-electron chi connectivity index (χ3n) is 3.10. The molecule has 0 saturated heterocycles. The smallest absolute Gasteiger partial charge is 0.141 e. The summed E-state index contributed by atoms with van der Waals surface area (Å²) in [6.45, 7) is 4.04. The molecule has 0 radical (unpaired) electrons. The molecule has 1 nitrogen and oxygen atoms in total. The van der Waals surface area contributed by atoms with E-state index in [-0.39, 0.29) is 18.0 Å². The molecule has 0 fully saturated rings. The maximum atomic E-state index is 13.4. The molecule has 0 aromatic heterocycles. The minimum Gasteiger partial charge on any atom is -0.299 e. The Kier molecular flexibility index (Phi) is 4.71. The van der Waals surface area contributed by atoms with Crippen LogP contribution in [-0.2, 0) is 17.6 Å². The summed E-state index contributed by atoms with van der Waals surface area (Å²) in [7, 11) is 0. The molecule has 0 spiro atoms. The molecule has 0 unspecified atom stereocenters. The van der Waals surface area contributed by atoms with Crippen LogP contribution in [0.5, 0.6) is 0 Å². The van der Waals surface area contributed by atoms with Gasteiger partial charge in [-0.05, 0) is 47.0 Å². The summed E-state index contributed by atoms with van der Waals surface area (Å²) in [4.78, 5) is 12.1. The molecule has 20 heavy (non-hydrogen) atoms. The first-order chi connectivity index (χ1) is 9.45. The summed E-state index contributed by atoms with van der Waals surface area (Å²) in [6.07, 6.45) is 0.622. The van der Waals surface area contributed by atoms with Gasteiger partial charge in [-0.15, -0.1) is 0 Å². The fourth-order valence-electron chi connectivity index (χ4n) is 2.36. The number of hydrogen-bond acceptors (Lipinski definition) is 1. The predicted octanol–water partition coefficient (Wildman–Crippen LogP) is 4.56. The maximum Gasteiger partial charge on any atom is 0.141 e. The van der Waals surface area contributed by atoms with Gasteiger partial charge in [-0.2, -0.15) is 0 Å². The zero-order valence-corrected chi connectivity index (χ0v) is 13.1. The van der Waals surface area contributed by atoms with E-state index in [2.05, 4.69) is 22.0 Å². The van der Waals surface area contributed by atoms with Crippen molar-refractivity contribution in [3.63, 3.8) is 0 Å². The van der Waals surface area contributed by atoms with Crippen molar-refractivity contribution in [3.8, 4) is 0 Å². The Hall–Kier alpha value is -1.48. The minimum absolute atomic E-state index is 0.0845. The molecule has 0 N–H and O–H groups in total. The van der Waals surface area contributed by atoms with Gasteiger partial charge in [0, 0.05) is 12.8 Å². The second kappa shape index (κ2) is 6.31. The van der Waals surface area contributed by atoms with Crippen LogP contribution in [0.15, 0.2) is 40.9 Å². The lowest BCUT2D eigenvalue weighted by molar-refractivity contribution is -0.117. The molecule has 2 aromatic rings. The molecule has 0 heterocycles. The molecule has 0 aliphatic rings. The van der Waals surface area contributed by atoms with Crippen molar-refractivity contribution in [1.82, 2.24) is 0 Å². The van der Waals surface area contributed by atoms with E-state index in [0.29, 0.717) is 16.5 Å². The van der Waals surface area contributed by atoms with Crippen molar-refractivity contribution >= 4 is 21.7 Å². The van der Waals surface area contributed by atoms with Gasteiger partial charge in [0.15, 0.2) is 0 Å². The number of carbonyl (C=O) groups excluding carboxylic acids is 1. The molecular weight excluding hydrogens is 319 g/mol. The van der Waals surface area contributed by atoms with Gasteiger partial charge in [0.1, 0.15) is 11.6 Å². The average Bonchev–Trinajstić information content (AvgIpc) is 2.33. The zero-order chi connectivity index (χ0) is 14.7. The Morgan fingerprint density at radius 2 is 1.75 bits per heavy atom. The molecule has 104 valence electrons. The van der Waals surface area contributed by atoms with Crippen LogP contribution in [0.25, 0.3) is 0 Å². The van der Waals surface area contributed by atoms with Crippen LogP contribution in [0.4, 0.5) is 4.39 Å². The van der Waals surface area contributed by atoms with Gasteiger partial charge in [-0.3, -0.25) is 4.79 Å². The van der Waals surface area contributed by atoms with Gasteiger partial charge >= 0.3 is 0 Å². The summed E-state index contributed by atoms with van der Waals surface area (Å²) in [6, 6.07) is 10.9. The van der Waals surface area contributed by atoms with E-state index in [4.69, 9.17) is 0 Å². The summed E-state index contributed by atoms with van der Waals surface area (Å²) < 4.78 is 13.8. The molecular formula is C17H16BrFO. The van der Waals surface area contributed by atoms with E-state index in [1.807, 2.05) is 26.0 Å². The van der Waals surface area contributed by atoms with Gasteiger partial charge in [0.05, 0.1) is 4.47 Å². The summed E-state index contributed by atoms with van der Waals surface area (Å²) in [5, 5.41) is 0. The Morgan fingerprint density at radius 1 is 1.10 bits per heavy atom. The Morgan fingerprint density at radius 3 is 2.40 bits per heavy atom. The van der Waals surface area contributed by atoms with Crippen molar-refractivity contribution in [1.29, 1.82) is 0 Å². The van der Waals surface area contributed by atoms with Gasteiger partial charge in [0.25, 0.3) is 0 Å². The Labute approximate surface area is 127 Å². The highest BCUT2D eigenvalue weighted by Crippen LogP contribution is 2.21. The molecule has 3 heteroatoms. The Bertz CT molecular complexity index is 629. The second-order valence-electron chi connectivity index (χ2n) is 5.10. The van der Waals surface area contributed by atoms with E-state index < -0.39 is 0 Å². The summed E-state index contributed by atoms with van der Waals surface area (Å²) in [5.74, 6) is -0.247. The molecule has 0 saturated carbocycles. The van der Waals surface area contributed by atoms with Crippen LogP contribution >= 0.6 is 15.9 Å². The van der Waals surface area contributed by atoms with Crippen LogP contribution < -0.4 is 0 Å². The van der Waals surface area contributed by atoms with E-state index in [1.54, 1.807) is 12.1 Å². The van der Waals surface area contributed by atoms with Crippen LogP contribution in [0.1, 0.15) is 22.3 Å². The topological polar surface area (TPSA) is 17.1 Å². The summed E-state index contributed by atoms with van der Waals surface area (Å²) >= 11 is 3.19. The summed E-state index contributed by atoms with van der Waals surface area (Å²) in [5.41, 5.74) is 4.01. The SMILES string of the molecule is Cc1cc(C)cc(CC(=O)Cc2cccc(F)c2Br)c1. The largest absolute Gasteiger partial charge is 0.299 e. The van der Waals surface area contributed by atoms with Crippen molar-refractivity contribution in [2.75, 3.05) is 0 Å². The predicted molar refractivity (Wildman–Crippen MR) is 82.4 cm³/mol. The van der Waals surface area contributed by atoms with Gasteiger partial charge < -0.3 is 0 Å². The molecule has 0 aliphatic carbocycles. The van der Waals surface area contributed by atoms with Crippen molar-refractivity contribution in [2.24, 2.45) is 0 Å². The zero-order valence-electron chi connectivity index (χ0n) is 11.5. The number of Topliss-reactive ketones (excluding diaryl/α,β-unsaturated/α-hetero) is 1. The van der Waals surface area contributed by atoms with Crippen molar-refractivity contribution in [2.45, 2.75) is 26.7 Å². The number of halogens is 2. The first-order valence-electron chi connectivity index (χ1n) is 6.47. The first kappa shape index (κ1) is 14.9. The standard InChI is InChI=1S/C17H16BrFO/c1-11-6-12(2)8-13(7-11)9-15(20)10-14-4-3-5-16(19)17(14)18/h3-8H,9-10H2,1-2H3. The lowest BCUT2D eigenvalue weighted by atomic mass is 10.00. The number of benzene rings is 2. The third-order valence-corrected chi connectivity index (χ3v) is 3.99. The molecule has 0 amide bonds. The van der Waals surface area contributed by atoms with E-state index in [0.717, 1.165) is 16.7 Å². The van der Waals surface area contributed by atoms with Crippen LogP contribution in [0, 0.1) is 19.7 Å². The van der Waals surface area contributed by atoms with E-state index in [9.17, 15) is 9.18 Å². The fourth-order valence-corrected chi connectivity index (χ4v) is 2.76. The lowest BCUT2D eigenvalue weighted by Gasteiger charge is -2.07. The fraction of sp³-hybridized carbons (Fsp3) is 0.235. The lowest BCUT2D eigenvalue weighted by Crippen LogP contribution is -2.08. The normalized spacial score (nSPS) is 10.6. The number of ketones is 1. The minimum atomic E-state index is -0.332. The highest BCUT2D eigenvalue weighted by Gasteiger charge is 2.11. The highest BCUT2D eigenvalue weighted by molar-refractivity contribution is 9.10. The third kappa shape index (κ3) is 3.76. The molecule has 0 aliphatic heterocycles. The molecule has 0 atom stereocenters. The number of carbonyl (C=O) groups is 1. The van der Waals surface area contributed by atoms with Crippen molar-refractivity contribution < 1.29 is 9.18 Å². The number of hydrogen-bond donors (Lipinski definition) is 0. The van der Waals surface area contributed by atoms with Crippen LogP contribution in [-0.4, -0.2) is 5.78 Å². The van der Waals surface area contributed by atoms with Crippen molar-refractivity contribution in [3.05, 3.63) is 68.9 Å². The highest BCUT2D eigenvalue weighted by atomic mass is 79.9. The van der Waals surface area contributed by atoms with Gasteiger partial charge in [-0.1, -0.05) is 41.5 Å². The second-order valence-corrected chi connectivity index (χ2v) is 5.89. The average molecular weight is 335 g/mol. The molecule has 0 bridgehead atoms. The maximum absolute atomic E-state index is 13.4. The quantitative estimate of drug-likeness (QED) is 0.801. The Balaban J connectivity index is 2.11. The van der Waals surface area contributed by atoms with E-state index >= 15 is 0 Å². The van der Waals surface area contributed by atoms with Gasteiger partial charge in [-0.25, -0.2) is 4.39 Å². The van der Waals surface area contributed by atoms with Crippen LogP contribution in [0.2, 0.25) is 0 Å². The van der Waals surface area contributed by atoms with Gasteiger partial charge in [0.2, 0.25) is 0 Å². The first-order valence-corrected chi connectivity index (χ1v) is 7.27. The molecule has 2 rings (SSSR count). The molecule has 2 aromatic carbocycles. The number of rotatable bonds is 4. The van der Waals surface area contributed by atoms with E-state index in [1.165, 1.54) is 6.07 Å². The monoisotopic (exact) mass is 334 g/mol.